The molecule has 1 amide bonds. The molecule has 1 aliphatic rings. The van der Waals surface area contributed by atoms with Crippen molar-refractivity contribution in [2.45, 2.75) is 38.5 Å². The predicted molar refractivity (Wildman–Crippen MR) is 77.2 cm³/mol. The van der Waals surface area contributed by atoms with Gasteiger partial charge in [0.2, 0.25) is 0 Å². The Bertz CT molecular complexity index is 573. The molecule has 21 heavy (non-hydrogen) atoms. The largest absolute Gasteiger partial charge is 0.481 e. The van der Waals surface area contributed by atoms with Gasteiger partial charge in [0, 0.05) is 12.7 Å². The monoisotopic (exact) mass is 292 g/mol. The Kier molecular flexibility index (Phi) is 4.77. The molecule has 1 aromatic heterocycles. The number of carboxylic acids is 1. The second-order valence-electron chi connectivity index (χ2n) is 5.73. The molecule has 2 rings (SSSR count). The van der Waals surface area contributed by atoms with E-state index in [-0.39, 0.29) is 17.4 Å². The number of hydrogen-bond acceptors (Lipinski definition) is 3. The molecular formula is C15H20N2O4. The highest BCUT2D eigenvalue weighted by Gasteiger charge is 2.34. The smallest absolute Gasteiger partial charge is 0.303 e. The lowest BCUT2D eigenvalue weighted by molar-refractivity contribution is -0.140. The first kappa shape index (κ1) is 15.3. The van der Waals surface area contributed by atoms with Crippen LogP contribution in [-0.4, -0.2) is 28.5 Å². The van der Waals surface area contributed by atoms with Gasteiger partial charge in [-0.05, 0) is 30.4 Å². The first-order valence-electron chi connectivity index (χ1n) is 7.20. The molecule has 0 atom stereocenters. The Morgan fingerprint density at radius 3 is 2.62 bits per heavy atom. The number of hydrogen-bond donors (Lipinski definition) is 3. The van der Waals surface area contributed by atoms with E-state index in [0.717, 1.165) is 32.1 Å². The van der Waals surface area contributed by atoms with Crippen molar-refractivity contribution >= 4 is 11.9 Å². The van der Waals surface area contributed by atoms with Crippen LogP contribution in [0.1, 0.15) is 48.9 Å². The molecule has 0 aromatic carbocycles. The van der Waals surface area contributed by atoms with Crippen molar-refractivity contribution in [3.8, 4) is 0 Å². The number of nitrogens with one attached hydrogen (secondary N) is 2. The molecular weight excluding hydrogens is 272 g/mol. The van der Waals surface area contributed by atoms with Crippen molar-refractivity contribution < 1.29 is 14.7 Å². The first-order valence-corrected chi connectivity index (χ1v) is 7.20. The highest BCUT2D eigenvalue weighted by atomic mass is 16.4. The second-order valence-corrected chi connectivity index (χ2v) is 5.73. The number of aromatic nitrogens is 1. The average Bonchev–Trinajstić information content (AvgIpc) is 2.46. The summed E-state index contributed by atoms with van der Waals surface area (Å²) in [4.78, 5) is 37.1. The van der Waals surface area contributed by atoms with Crippen molar-refractivity contribution in [3.63, 3.8) is 0 Å². The fraction of sp³-hybridized carbons (Fsp3) is 0.533. The molecule has 0 unspecified atom stereocenters. The third kappa shape index (κ3) is 3.93. The van der Waals surface area contributed by atoms with Crippen molar-refractivity contribution in [3.05, 3.63) is 34.2 Å². The third-order valence-corrected chi connectivity index (χ3v) is 4.13. The lowest BCUT2D eigenvalue weighted by atomic mass is 9.71. The number of pyridine rings is 1. The van der Waals surface area contributed by atoms with E-state index in [9.17, 15) is 14.4 Å². The first-order chi connectivity index (χ1) is 10.0. The van der Waals surface area contributed by atoms with Gasteiger partial charge < -0.3 is 15.4 Å². The lowest BCUT2D eigenvalue weighted by Gasteiger charge is -2.36. The Balaban J connectivity index is 2.05. The third-order valence-electron chi connectivity index (χ3n) is 4.13. The maximum absolute atomic E-state index is 12.1. The van der Waals surface area contributed by atoms with Gasteiger partial charge in [-0.2, -0.15) is 0 Å². The van der Waals surface area contributed by atoms with Crippen LogP contribution in [0.15, 0.2) is 23.1 Å². The number of aliphatic carboxylic acids is 1. The molecule has 3 N–H and O–H groups in total. The van der Waals surface area contributed by atoms with E-state index in [1.54, 1.807) is 6.07 Å². The van der Waals surface area contributed by atoms with Crippen molar-refractivity contribution in [1.82, 2.24) is 10.3 Å². The molecule has 0 bridgehead atoms. The summed E-state index contributed by atoms with van der Waals surface area (Å²) in [5.41, 5.74) is -0.772. The zero-order valence-electron chi connectivity index (χ0n) is 11.9. The summed E-state index contributed by atoms with van der Waals surface area (Å²) >= 11 is 0. The zero-order chi connectivity index (χ0) is 15.3. The molecule has 0 radical (unpaired) electrons. The molecule has 114 valence electrons. The van der Waals surface area contributed by atoms with Crippen LogP contribution in [0.4, 0.5) is 0 Å². The number of amides is 1. The van der Waals surface area contributed by atoms with E-state index in [1.165, 1.54) is 12.3 Å². The minimum absolute atomic E-state index is 0.0540. The van der Waals surface area contributed by atoms with E-state index in [4.69, 9.17) is 5.11 Å². The van der Waals surface area contributed by atoms with E-state index in [1.807, 2.05) is 0 Å². The molecule has 1 aliphatic carbocycles. The number of aromatic amines is 1. The van der Waals surface area contributed by atoms with Gasteiger partial charge in [0.1, 0.15) is 5.56 Å². The van der Waals surface area contributed by atoms with Gasteiger partial charge in [0.15, 0.2) is 0 Å². The second kappa shape index (κ2) is 6.56. The van der Waals surface area contributed by atoms with E-state index in [2.05, 4.69) is 10.3 Å². The maximum atomic E-state index is 12.1. The summed E-state index contributed by atoms with van der Waals surface area (Å²) in [7, 11) is 0. The number of carboxylic acid groups (broad SMARTS) is 1. The summed E-state index contributed by atoms with van der Waals surface area (Å²) in [5, 5.41) is 11.8. The van der Waals surface area contributed by atoms with Crippen molar-refractivity contribution in [2.24, 2.45) is 5.41 Å². The summed E-state index contributed by atoms with van der Waals surface area (Å²) in [6, 6.07) is 3.04. The highest BCUT2D eigenvalue weighted by Crippen LogP contribution is 2.38. The predicted octanol–water partition coefficient (Wildman–Crippen LogP) is 1.53. The summed E-state index contributed by atoms with van der Waals surface area (Å²) < 4.78 is 0. The Labute approximate surface area is 122 Å². The Morgan fingerprint density at radius 1 is 1.29 bits per heavy atom. The van der Waals surface area contributed by atoms with Gasteiger partial charge in [-0.3, -0.25) is 14.4 Å². The fourth-order valence-corrected chi connectivity index (χ4v) is 3.00. The average molecular weight is 292 g/mol. The van der Waals surface area contributed by atoms with E-state index in [0.29, 0.717) is 6.54 Å². The SMILES string of the molecule is O=C(O)CC1(CNC(=O)c2ccc[nH]c2=O)CCCCC1. The van der Waals surface area contributed by atoms with Crippen LogP contribution in [0.3, 0.4) is 0 Å². The lowest BCUT2D eigenvalue weighted by Crippen LogP contribution is -2.41. The quantitative estimate of drug-likeness (QED) is 0.766. The summed E-state index contributed by atoms with van der Waals surface area (Å²) in [6.45, 7) is 0.298. The van der Waals surface area contributed by atoms with Crippen LogP contribution in [-0.2, 0) is 4.79 Å². The van der Waals surface area contributed by atoms with Gasteiger partial charge in [-0.15, -0.1) is 0 Å². The molecule has 1 saturated carbocycles. The number of rotatable bonds is 5. The van der Waals surface area contributed by atoms with Crippen LogP contribution in [0, 0.1) is 5.41 Å². The molecule has 1 fully saturated rings. The van der Waals surface area contributed by atoms with Gasteiger partial charge in [-0.1, -0.05) is 19.3 Å². The Hall–Kier alpha value is -2.11. The van der Waals surface area contributed by atoms with Crippen molar-refractivity contribution in [2.75, 3.05) is 6.54 Å². The summed E-state index contributed by atoms with van der Waals surface area (Å²) in [5.74, 6) is -1.30. The van der Waals surface area contributed by atoms with Crippen LogP contribution in [0.2, 0.25) is 0 Å². The minimum Gasteiger partial charge on any atom is -0.481 e. The van der Waals surface area contributed by atoms with E-state index < -0.39 is 17.4 Å². The normalized spacial score (nSPS) is 17.1. The number of H-pyrrole nitrogens is 1. The van der Waals surface area contributed by atoms with Gasteiger partial charge in [0.25, 0.3) is 11.5 Å². The van der Waals surface area contributed by atoms with Crippen LogP contribution in [0.5, 0.6) is 0 Å². The maximum Gasteiger partial charge on any atom is 0.303 e. The molecule has 0 aliphatic heterocycles. The zero-order valence-corrected chi connectivity index (χ0v) is 11.9. The standard InChI is InChI=1S/C15H20N2O4/c18-12(19)9-15(6-2-1-3-7-15)10-17-14(21)11-5-4-8-16-13(11)20/h4-5,8H,1-3,6-7,9-10H2,(H,16,20)(H,17,21)(H,18,19). The molecule has 1 heterocycles. The molecule has 0 saturated heterocycles. The van der Waals surface area contributed by atoms with Gasteiger partial charge in [0.05, 0.1) is 6.42 Å². The van der Waals surface area contributed by atoms with Crippen molar-refractivity contribution in [1.29, 1.82) is 0 Å². The molecule has 1 aromatic rings. The minimum atomic E-state index is -0.844. The summed E-state index contributed by atoms with van der Waals surface area (Å²) in [6.07, 6.45) is 6.18. The van der Waals surface area contributed by atoms with Gasteiger partial charge in [-0.25, -0.2) is 0 Å². The fourth-order valence-electron chi connectivity index (χ4n) is 3.00. The molecule has 0 spiro atoms. The molecule has 6 heteroatoms. The number of carbonyl (C=O) groups is 2. The number of carbonyl (C=O) groups excluding carboxylic acids is 1. The van der Waals surface area contributed by atoms with Crippen LogP contribution in [0.25, 0.3) is 0 Å². The van der Waals surface area contributed by atoms with Crippen LogP contribution < -0.4 is 10.9 Å². The van der Waals surface area contributed by atoms with Gasteiger partial charge >= 0.3 is 5.97 Å². The topological polar surface area (TPSA) is 99.3 Å². The van der Waals surface area contributed by atoms with E-state index >= 15 is 0 Å². The molecule has 6 nitrogen and oxygen atoms in total. The Morgan fingerprint density at radius 2 is 2.00 bits per heavy atom. The van der Waals surface area contributed by atoms with Crippen LogP contribution >= 0.6 is 0 Å². The highest BCUT2D eigenvalue weighted by molar-refractivity contribution is 5.93.